The van der Waals surface area contributed by atoms with E-state index < -0.39 is 0 Å². The summed E-state index contributed by atoms with van der Waals surface area (Å²) < 4.78 is 0. The third-order valence-electron chi connectivity index (χ3n) is 0.704. The summed E-state index contributed by atoms with van der Waals surface area (Å²) in [6, 6.07) is 0. The lowest BCUT2D eigenvalue weighted by Gasteiger charge is -1.86. The van der Waals surface area contributed by atoms with Crippen LogP contribution in [-0.4, -0.2) is 0 Å². The molecule has 0 radical (unpaired) electrons. The van der Waals surface area contributed by atoms with E-state index in [2.05, 4.69) is 6.58 Å². The van der Waals surface area contributed by atoms with E-state index in [-0.39, 0.29) is 0 Å². The minimum atomic E-state index is 0.727. The van der Waals surface area contributed by atoms with Crippen LogP contribution in [0.4, 0.5) is 0 Å². The largest absolute Gasteiger partial charge is 0.0990 e. The highest BCUT2D eigenvalue weighted by atomic mass is 35.5. The fraction of sp³-hybridized carbons (Fsp3) is 0.250. The second-order valence-electron chi connectivity index (χ2n) is 2.01. The van der Waals surface area contributed by atoms with Crippen LogP contribution in [0.3, 0.4) is 0 Å². The monoisotopic (exact) mass is 142 g/mol. The molecule has 0 bridgehead atoms. The first-order chi connectivity index (χ1) is 4.16. The van der Waals surface area contributed by atoms with Gasteiger partial charge in [-0.25, -0.2) is 0 Å². The Balaban J connectivity index is 4.05. The standard InChI is InChI=1S/C8H11Cl/c1-4-5-8(9)6-7(2)3/h4-6H,1H2,2-3H3/b8-5+. The van der Waals surface area contributed by atoms with Crippen LogP contribution >= 0.6 is 11.6 Å². The number of halogens is 1. The molecule has 0 amide bonds. The summed E-state index contributed by atoms with van der Waals surface area (Å²) in [6.45, 7) is 7.52. The summed E-state index contributed by atoms with van der Waals surface area (Å²) in [5, 5.41) is 0.727. The molecule has 0 aromatic carbocycles. The molecule has 9 heavy (non-hydrogen) atoms. The minimum Gasteiger partial charge on any atom is -0.0990 e. The van der Waals surface area contributed by atoms with Crippen LogP contribution in [0.2, 0.25) is 0 Å². The molecule has 0 aliphatic rings. The van der Waals surface area contributed by atoms with Gasteiger partial charge in [0.15, 0.2) is 0 Å². The molecule has 0 aromatic rings. The first kappa shape index (κ1) is 8.51. The maximum absolute atomic E-state index is 5.69. The first-order valence-corrected chi connectivity index (χ1v) is 3.17. The van der Waals surface area contributed by atoms with Gasteiger partial charge in [0, 0.05) is 5.03 Å². The van der Waals surface area contributed by atoms with Crippen molar-refractivity contribution in [1.29, 1.82) is 0 Å². The van der Waals surface area contributed by atoms with E-state index in [1.807, 2.05) is 19.9 Å². The first-order valence-electron chi connectivity index (χ1n) is 2.80. The van der Waals surface area contributed by atoms with Crippen molar-refractivity contribution in [3.8, 4) is 0 Å². The lowest BCUT2D eigenvalue weighted by Crippen LogP contribution is -1.64. The molecule has 0 atom stereocenters. The Bertz CT molecular complexity index is 148. The van der Waals surface area contributed by atoms with E-state index in [0.717, 1.165) is 5.03 Å². The van der Waals surface area contributed by atoms with Crippen LogP contribution in [0.15, 0.2) is 35.4 Å². The zero-order valence-electron chi connectivity index (χ0n) is 5.82. The molecule has 0 spiro atoms. The van der Waals surface area contributed by atoms with Gasteiger partial charge in [-0.1, -0.05) is 29.8 Å². The molecular formula is C8H11Cl. The van der Waals surface area contributed by atoms with Crippen molar-refractivity contribution in [2.45, 2.75) is 13.8 Å². The summed E-state index contributed by atoms with van der Waals surface area (Å²) in [5.41, 5.74) is 1.19. The highest BCUT2D eigenvalue weighted by molar-refractivity contribution is 6.31. The van der Waals surface area contributed by atoms with Crippen LogP contribution in [0.1, 0.15) is 13.8 Å². The lowest BCUT2D eigenvalue weighted by atomic mass is 10.3. The molecule has 0 N–H and O–H groups in total. The predicted octanol–water partition coefficient (Wildman–Crippen LogP) is 3.26. The lowest BCUT2D eigenvalue weighted by molar-refractivity contribution is 1.39. The normalized spacial score (nSPS) is 10.8. The number of hydrogen-bond acceptors (Lipinski definition) is 0. The van der Waals surface area contributed by atoms with E-state index in [9.17, 15) is 0 Å². The number of rotatable bonds is 2. The summed E-state index contributed by atoms with van der Waals surface area (Å²) >= 11 is 5.69. The van der Waals surface area contributed by atoms with Crippen LogP contribution in [0.5, 0.6) is 0 Å². The molecule has 0 aliphatic heterocycles. The second kappa shape index (κ2) is 4.39. The van der Waals surface area contributed by atoms with Gasteiger partial charge < -0.3 is 0 Å². The molecule has 0 saturated carbocycles. The van der Waals surface area contributed by atoms with E-state index >= 15 is 0 Å². The Labute approximate surface area is 61.5 Å². The van der Waals surface area contributed by atoms with Gasteiger partial charge in [-0.05, 0) is 26.0 Å². The molecule has 0 heterocycles. The van der Waals surface area contributed by atoms with Gasteiger partial charge in [-0.2, -0.15) is 0 Å². The Kier molecular flexibility index (Phi) is 4.16. The van der Waals surface area contributed by atoms with Crippen molar-refractivity contribution in [3.05, 3.63) is 35.4 Å². The maximum Gasteiger partial charge on any atom is 0.0405 e. The molecule has 0 aliphatic carbocycles. The van der Waals surface area contributed by atoms with E-state index in [0.29, 0.717) is 0 Å². The second-order valence-corrected chi connectivity index (χ2v) is 2.45. The van der Waals surface area contributed by atoms with Gasteiger partial charge in [0.2, 0.25) is 0 Å². The number of hydrogen-bond donors (Lipinski definition) is 0. The number of allylic oxidation sites excluding steroid dienone is 5. The summed E-state index contributed by atoms with van der Waals surface area (Å²) in [6.07, 6.45) is 5.32. The Hall–Kier alpha value is -0.490. The average molecular weight is 143 g/mol. The van der Waals surface area contributed by atoms with Crippen molar-refractivity contribution in [3.63, 3.8) is 0 Å². The van der Waals surface area contributed by atoms with Gasteiger partial charge >= 0.3 is 0 Å². The molecule has 0 rings (SSSR count). The molecule has 0 aromatic heterocycles. The van der Waals surface area contributed by atoms with Crippen LogP contribution in [0.25, 0.3) is 0 Å². The Morgan fingerprint density at radius 3 is 2.33 bits per heavy atom. The van der Waals surface area contributed by atoms with Gasteiger partial charge in [0.25, 0.3) is 0 Å². The highest BCUT2D eigenvalue weighted by Crippen LogP contribution is 2.05. The Morgan fingerprint density at radius 1 is 1.44 bits per heavy atom. The highest BCUT2D eigenvalue weighted by Gasteiger charge is 1.81. The summed E-state index contributed by atoms with van der Waals surface area (Å²) in [5.74, 6) is 0. The van der Waals surface area contributed by atoms with E-state index in [4.69, 9.17) is 11.6 Å². The maximum atomic E-state index is 5.69. The molecule has 50 valence electrons. The zero-order chi connectivity index (χ0) is 7.28. The predicted molar refractivity (Wildman–Crippen MR) is 43.6 cm³/mol. The van der Waals surface area contributed by atoms with Crippen molar-refractivity contribution in [1.82, 2.24) is 0 Å². The molecule has 0 saturated heterocycles. The quantitative estimate of drug-likeness (QED) is 0.520. The topological polar surface area (TPSA) is 0 Å². The average Bonchev–Trinajstić information content (AvgIpc) is 1.63. The van der Waals surface area contributed by atoms with E-state index in [1.165, 1.54) is 5.57 Å². The third-order valence-corrected chi connectivity index (χ3v) is 0.939. The molecule has 0 fully saturated rings. The van der Waals surface area contributed by atoms with Crippen LogP contribution in [0, 0.1) is 0 Å². The SMILES string of the molecule is C=C/C=C(/Cl)C=C(C)C. The smallest absolute Gasteiger partial charge is 0.0405 e. The third kappa shape index (κ3) is 5.38. The molecular weight excluding hydrogens is 132 g/mol. The summed E-state index contributed by atoms with van der Waals surface area (Å²) in [7, 11) is 0. The van der Waals surface area contributed by atoms with E-state index in [1.54, 1.807) is 12.2 Å². The van der Waals surface area contributed by atoms with Gasteiger partial charge in [0.1, 0.15) is 0 Å². The van der Waals surface area contributed by atoms with Crippen molar-refractivity contribution < 1.29 is 0 Å². The zero-order valence-corrected chi connectivity index (χ0v) is 6.57. The van der Waals surface area contributed by atoms with Gasteiger partial charge in [-0.3, -0.25) is 0 Å². The molecule has 0 unspecified atom stereocenters. The summed E-state index contributed by atoms with van der Waals surface area (Å²) in [4.78, 5) is 0. The fourth-order valence-electron chi connectivity index (χ4n) is 0.436. The van der Waals surface area contributed by atoms with Crippen LogP contribution in [-0.2, 0) is 0 Å². The van der Waals surface area contributed by atoms with Gasteiger partial charge in [-0.15, -0.1) is 0 Å². The van der Waals surface area contributed by atoms with Crippen LogP contribution < -0.4 is 0 Å². The van der Waals surface area contributed by atoms with Crippen molar-refractivity contribution >= 4 is 11.6 Å². The molecule has 0 nitrogen and oxygen atoms in total. The Morgan fingerprint density at radius 2 is 2.00 bits per heavy atom. The molecule has 1 heteroatoms. The minimum absolute atomic E-state index is 0.727. The van der Waals surface area contributed by atoms with Crippen molar-refractivity contribution in [2.75, 3.05) is 0 Å². The van der Waals surface area contributed by atoms with Crippen molar-refractivity contribution in [2.24, 2.45) is 0 Å². The fourth-order valence-corrected chi connectivity index (χ4v) is 0.744. The van der Waals surface area contributed by atoms with Gasteiger partial charge in [0.05, 0.1) is 0 Å².